The van der Waals surface area contributed by atoms with Crippen molar-refractivity contribution in [2.75, 3.05) is 26.2 Å². The van der Waals surface area contributed by atoms with Gasteiger partial charge < -0.3 is 15.7 Å². The first-order chi connectivity index (χ1) is 8.63. The Balaban J connectivity index is 1.80. The lowest BCUT2D eigenvalue weighted by Crippen LogP contribution is -2.60. The molecule has 1 heterocycles. The van der Waals surface area contributed by atoms with Crippen LogP contribution in [0.3, 0.4) is 0 Å². The fourth-order valence-corrected chi connectivity index (χ4v) is 5.19. The van der Waals surface area contributed by atoms with Gasteiger partial charge in [-0.15, -0.1) is 0 Å². The molecule has 0 radical (unpaired) electrons. The van der Waals surface area contributed by atoms with E-state index in [1.807, 2.05) is 0 Å². The standard InChI is InChI=1S/C15H28N2O/c1-2-17-7-5-15(18,6-8-17)14(11-16)10-12-3-4-13(14)9-12/h12-13,18H,2-11,16H2,1H3. The van der Waals surface area contributed by atoms with Crippen molar-refractivity contribution in [3.8, 4) is 0 Å². The van der Waals surface area contributed by atoms with Crippen molar-refractivity contribution in [3.05, 3.63) is 0 Å². The molecule has 3 nitrogen and oxygen atoms in total. The van der Waals surface area contributed by atoms with E-state index in [9.17, 15) is 5.11 Å². The molecule has 0 aromatic carbocycles. The Morgan fingerprint density at radius 3 is 2.44 bits per heavy atom. The Labute approximate surface area is 111 Å². The maximum absolute atomic E-state index is 11.3. The van der Waals surface area contributed by atoms with Gasteiger partial charge in [0.25, 0.3) is 0 Å². The summed E-state index contributed by atoms with van der Waals surface area (Å²) < 4.78 is 0. The molecule has 0 aromatic rings. The Kier molecular flexibility index (Phi) is 3.20. The maximum atomic E-state index is 11.3. The van der Waals surface area contributed by atoms with Crippen molar-refractivity contribution in [3.63, 3.8) is 0 Å². The van der Waals surface area contributed by atoms with Gasteiger partial charge in [0.15, 0.2) is 0 Å². The van der Waals surface area contributed by atoms with Crippen molar-refractivity contribution in [1.82, 2.24) is 4.90 Å². The van der Waals surface area contributed by atoms with Gasteiger partial charge in [-0.1, -0.05) is 13.3 Å². The van der Waals surface area contributed by atoms with Crippen LogP contribution in [0.4, 0.5) is 0 Å². The summed E-state index contributed by atoms with van der Waals surface area (Å²) in [5, 5.41) is 11.3. The van der Waals surface area contributed by atoms with Gasteiger partial charge in [0.1, 0.15) is 0 Å². The van der Waals surface area contributed by atoms with Crippen molar-refractivity contribution in [2.24, 2.45) is 23.0 Å². The van der Waals surface area contributed by atoms with Crippen LogP contribution in [0.15, 0.2) is 0 Å². The molecule has 0 aromatic heterocycles. The molecular weight excluding hydrogens is 224 g/mol. The molecule has 2 bridgehead atoms. The van der Waals surface area contributed by atoms with Crippen LogP contribution < -0.4 is 5.73 Å². The van der Waals surface area contributed by atoms with Gasteiger partial charge >= 0.3 is 0 Å². The Hall–Kier alpha value is -0.120. The average Bonchev–Trinajstić information content (AvgIpc) is 3.00. The molecule has 2 aliphatic carbocycles. The molecule has 104 valence electrons. The predicted molar refractivity (Wildman–Crippen MR) is 73.2 cm³/mol. The fraction of sp³-hybridized carbons (Fsp3) is 1.00. The smallest absolute Gasteiger partial charge is 0.0742 e. The van der Waals surface area contributed by atoms with E-state index >= 15 is 0 Å². The van der Waals surface area contributed by atoms with E-state index in [0.29, 0.717) is 12.5 Å². The van der Waals surface area contributed by atoms with E-state index in [4.69, 9.17) is 5.73 Å². The Morgan fingerprint density at radius 2 is 2.00 bits per heavy atom. The summed E-state index contributed by atoms with van der Waals surface area (Å²) in [6.45, 7) is 6.10. The number of nitrogens with two attached hydrogens (primary N) is 1. The van der Waals surface area contributed by atoms with E-state index in [0.717, 1.165) is 38.4 Å². The summed E-state index contributed by atoms with van der Waals surface area (Å²) in [6.07, 6.45) is 7.07. The van der Waals surface area contributed by atoms with Crippen molar-refractivity contribution < 1.29 is 5.11 Å². The number of nitrogens with zero attached hydrogens (tertiary/aromatic N) is 1. The van der Waals surface area contributed by atoms with Gasteiger partial charge in [-0.05, 0) is 50.5 Å². The van der Waals surface area contributed by atoms with Crippen LogP contribution in [0.5, 0.6) is 0 Å². The molecule has 0 spiro atoms. The first-order valence-electron chi connectivity index (χ1n) is 7.78. The SMILES string of the molecule is CCN1CCC(O)(C2(CN)CC3CCC2C3)CC1. The third kappa shape index (κ3) is 1.67. The highest BCUT2D eigenvalue weighted by Gasteiger charge is 2.60. The third-order valence-corrected chi connectivity index (χ3v) is 6.40. The second-order valence-electron chi connectivity index (χ2n) is 6.91. The number of fused-ring (bicyclic) bond motifs is 2. The van der Waals surface area contributed by atoms with Gasteiger partial charge in [-0.3, -0.25) is 0 Å². The van der Waals surface area contributed by atoms with Crippen molar-refractivity contribution >= 4 is 0 Å². The normalized spacial score (nSPS) is 43.5. The summed E-state index contributed by atoms with van der Waals surface area (Å²) in [5.74, 6) is 1.55. The largest absolute Gasteiger partial charge is 0.389 e. The quantitative estimate of drug-likeness (QED) is 0.802. The van der Waals surface area contributed by atoms with E-state index in [1.54, 1.807) is 0 Å². The maximum Gasteiger partial charge on any atom is 0.0742 e. The van der Waals surface area contributed by atoms with Crippen molar-refractivity contribution in [2.45, 2.75) is 51.0 Å². The zero-order valence-corrected chi connectivity index (χ0v) is 11.7. The summed E-state index contributed by atoms with van der Waals surface area (Å²) in [5.41, 5.74) is 5.74. The molecular formula is C15H28N2O. The Morgan fingerprint density at radius 1 is 1.28 bits per heavy atom. The number of hydrogen-bond donors (Lipinski definition) is 2. The third-order valence-electron chi connectivity index (χ3n) is 6.40. The van der Waals surface area contributed by atoms with Crippen LogP contribution in [0, 0.1) is 17.3 Å². The number of hydrogen-bond acceptors (Lipinski definition) is 3. The molecule has 3 rings (SSSR count). The van der Waals surface area contributed by atoms with Crippen molar-refractivity contribution in [1.29, 1.82) is 0 Å². The minimum Gasteiger partial charge on any atom is -0.389 e. The predicted octanol–water partition coefficient (Wildman–Crippen LogP) is 1.60. The number of rotatable bonds is 3. The topological polar surface area (TPSA) is 49.5 Å². The van der Waals surface area contributed by atoms with Gasteiger partial charge in [0.2, 0.25) is 0 Å². The molecule has 3 atom stereocenters. The number of aliphatic hydroxyl groups is 1. The molecule has 2 saturated carbocycles. The molecule has 3 fully saturated rings. The van der Waals surface area contributed by atoms with Gasteiger partial charge in [-0.2, -0.15) is 0 Å². The Bertz CT molecular complexity index is 312. The minimum absolute atomic E-state index is 0.0513. The molecule has 3 N–H and O–H groups in total. The van der Waals surface area contributed by atoms with E-state index in [2.05, 4.69) is 11.8 Å². The monoisotopic (exact) mass is 252 g/mol. The van der Waals surface area contributed by atoms with Gasteiger partial charge in [0, 0.05) is 25.0 Å². The molecule has 0 amide bonds. The lowest BCUT2D eigenvalue weighted by atomic mass is 9.59. The zero-order chi connectivity index (χ0) is 12.8. The summed E-state index contributed by atoms with van der Waals surface area (Å²) in [4.78, 5) is 2.45. The van der Waals surface area contributed by atoms with E-state index in [1.165, 1.54) is 25.7 Å². The van der Waals surface area contributed by atoms with Crippen LogP contribution in [-0.4, -0.2) is 41.8 Å². The van der Waals surface area contributed by atoms with Gasteiger partial charge in [0.05, 0.1) is 5.60 Å². The molecule has 3 unspecified atom stereocenters. The van der Waals surface area contributed by atoms with E-state index < -0.39 is 5.60 Å². The second kappa shape index (κ2) is 4.46. The van der Waals surface area contributed by atoms with Crippen LogP contribution in [0.25, 0.3) is 0 Å². The number of likely N-dealkylation sites (tertiary alicyclic amines) is 1. The number of piperidine rings is 1. The highest BCUT2D eigenvalue weighted by Crippen LogP contribution is 2.61. The summed E-state index contributed by atoms with van der Waals surface area (Å²) >= 11 is 0. The summed E-state index contributed by atoms with van der Waals surface area (Å²) in [6, 6.07) is 0. The molecule has 3 heteroatoms. The molecule has 3 aliphatic rings. The second-order valence-corrected chi connectivity index (χ2v) is 6.91. The lowest BCUT2D eigenvalue weighted by molar-refractivity contribution is -0.140. The van der Waals surface area contributed by atoms with Gasteiger partial charge in [-0.25, -0.2) is 0 Å². The van der Waals surface area contributed by atoms with Crippen LogP contribution >= 0.6 is 0 Å². The van der Waals surface area contributed by atoms with E-state index in [-0.39, 0.29) is 5.41 Å². The highest BCUT2D eigenvalue weighted by molar-refractivity contribution is 5.12. The first kappa shape index (κ1) is 12.9. The van der Waals surface area contributed by atoms with Crippen LogP contribution in [0.1, 0.15) is 45.4 Å². The lowest BCUT2D eigenvalue weighted by Gasteiger charge is -2.53. The van der Waals surface area contributed by atoms with Crippen LogP contribution in [-0.2, 0) is 0 Å². The minimum atomic E-state index is -0.479. The average molecular weight is 252 g/mol. The first-order valence-corrected chi connectivity index (χ1v) is 7.78. The molecule has 1 aliphatic heterocycles. The molecule has 1 saturated heterocycles. The highest BCUT2D eigenvalue weighted by atomic mass is 16.3. The summed E-state index contributed by atoms with van der Waals surface area (Å²) in [7, 11) is 0. The van der Waals surface area contributed by atoms with Crippen LogP contribution in [0.2, 0.25) is 0 Å². The molecule has 18 heavy (non-hydrogen) atoms. The fourth-order valence-electron chi connectivity index (χ4n) is 5.19. The zero-order valence-electron chi connectivity index (χ0n) is 11.7.